The molecule has 12 aromatic carbocycles. The highest BCUT2D eigenvalue weighted by atomic mass is 15.2. The van der Waals surface area contributed by atoms with Crippen molar-refractivity contribution < 1.29 is 0 Å². The van der Waals surface area contributed by atoms with E-state index in [-0.39, 0.29) is 0 Å². The summed E-state index contributed by atoms with van der Waals surface area (Å²) in [7, 11) is 0. The van der Waals surface area contributed by atoms with E-state index in [2.05, 4.69) is 312 Å². The van der Waals surface area contributed by atoms with Gasteiger partial charge in [0.1, 0.15) is 0 Å². The standard InChI is InChI=1S/C70H49N3/c1-5-17-50(18-6-1)54-29-37-61(38-30-54)71(62-39-31-55(32-40-62)51-19-7-2-8-20-51)65-46-59(58-36-44-70-68(48-58)67-27-15-16-28-69(67)73(70)60-25-11-4-12-26-60)47-66(49-65)72(64-43-35-53-23-13-14-24-57(53)45-64)63-41-33-56(34-42-63)52-21-9-3-10-22-52/h1-49H. The minimum atomic E-state index is 1.03. The maximum atomic E-state index is 2.42. The molecule has 1 heterocycles. The Bertz CT molecular complexity index is 3950. The molecule has 0 radical (unpaired) electrons. The summed E-state index contributed by atoms with van der Waals surface area (Å²) < 4.78 is 2.39. The highest BCUT2D eigenvalue weighted by Gasteiger charge is 2.22. The Morgan fingerprint density at radius 1 is 0.205 bits per heavy atom. The van der Waals surface area contributed by atoms with E-state index >= 15 is 0 Å². The molecule has 3 nitrogen and oxygen atoms in total. The molecule has 0 amide bonds. The van der Waals surface area contributed by atoms with Gasteiger partial charge in [0.15, 0.2) is 0 Å². The fourth-order valence-electron chi connectivity index (χ4n) is 10.5. The number of nitrogens with zero attached hydrogens (tertiary/aromatic N) is 3. The van der Waals surface area contributed by atoms with Gasteiger partial charge in [-0.2, -0.15) is 0 Å². The average molecular weight is 932 g/mol. The van der Waals surface area contributed by atoms with Gasteiger partial charge in [-0.3, -0.25) is 0 Å². The van der Waals surface area contributed by atoms with E-state index in [1.54, 1.807) is 0 Å². The van der Waals surface area contributed by atoms with Gasteiger partial charge in [-0.15, -0.1) is 0 Å². The van der Waals surface area contributed by atoms with Gasteiger partial charge >= 0.3 is 0 Å². The van der Waals surface area contributed by atoms with Crippen molar-refractivity contribution in [3.8, 4) is 50.2 Å². The van der Waals surface area contributed by atoms with E-state index in [1.165, 1.54) is 66.0 Å². The van der Waals surface area contributed by atoms with Crippen molar-refractivity contribution in [2.75, 3.05) is 9.80 Å². The zero-order valence-electron chi connectivity index (χ0n) is 40.1. The second-order valence-corrected chi connectivity index (χ2v) is 18.6. The molecule has 0 bridgehead atoms. The maximum Gasteiger partial charge on any atom is 0.0541 e. The first-order valence-corrected chi connectivity index (χ1v) is 25.0. The zero-order chi connectivity index (χ0) is 48.5. The van der Waals surface area contributed by atoms with Crippen molar-refractivity contribution in [3.05, 3.63) is 297 Å². The van der Waals surface area contributed by atoms with Crippen LogP contribution in [0.15, 0.2) is 297 Å². The second kappa shape index (κ2) is 18.9. The van der Waals surface area contributed by atoms with Crippen LogP contribution in [0.2, 0.25) is 0 Å². The predicted molar refractivity (Wildman–Crippen MR) is 309 cm³/mol. The van der Waals surface area contributed by atoms with E-state index in [0.29, 0.717) is 0 Å². The molecule has 0 unspecified atom stereocenters. The van der Waals surface area contributed by atoms with Crippen LogP contribution in [0.4, 0.5) is 34.1 Å². The molecule has 73 heavy (non-hydrogen) atoms. The lowest BCUT2D eigenvalue weighted by Crippen LogP contribution is -2.14. The van der Waals surface area contributed by atoms with Crippen LogP contribution in [0.3, 0.4) is 0 Å². The summed E-state index contributed by atoms with van der Waals surface area (Å²) in [5.74, 6) is 0. The number of anilines is 6. The number of fused-ring (bicyclic) bond motifs is 4. The maximum absolute atomic E-state index is 2.42. The van der Waals surface area contributed by atoms with Crippen molar-refractivity contribution in [1.82, 2.24) is 4.57 Å². The van der Waals surface area contributed by atoms with Crippen molar-refractivity contribution in [3.63, 3.8) is 0 Å². The van der Waals surface area contributed by atoms with Crippen molar-refractivity contribution in [2.45, 2.75) is 0 Å². The van der Waals surface area contributed by atoms with Crippen LogP contribution >= 0.6 is 0 Å². The summed E-state index contributed by atoms with van der Waals surface area (Å²) in [6, 6.07) is 108. The Morgan fingerprint density at radius 3 is 1.14 bits per heavy atom. The minimum absolute atomic E-state index is 1.03. The van der Waals surface area contributed by atoms with Crippen LogP contribution in [0.5, 0.6) is 0 Å². The van der Waals surface area contributed by atoms with E-state index in [9.17, 15) is 0 Å². The molecule has 0 aliphatic heterocycles. The monoisotopic (exact) mass is 931 g/mol. The third-order valence-corrected chi connectivity index (χ3v) is 14.1. The molecule has 1 aromatic heterocycles. The molecule has 3 heteroatoms. The van der Waals surface area contributed by atoms with E-state index in [4.69, 9.17) is 0 Å². The quantitative estimate of drug-likeness (QED) is 0.128. The van der Waals surface area contributed by atoms with Crippen molar-refractivity contribution in [1.29, 1.82) is 0 Å². The lowest BCUT2D eigenvalue weighted by atomic mass is 9.99. The number of benzene rings is 12. The minimum Gasteiger partial charge on any atom is -0.310 e. The van der Waals surface area contributed by atoms with E-state index in [1.807, 2.05) is 0 Å². The fraction of sp³-hybridized carbons (Fsp3) is 0. The molecule has 344 valence electrons. The van der Waals surface area contributed by atoms with Gasteiger partial charge in [0, 0.05) is 50.6 Å². The van der Waals surface area contributed by atoms with Crippen molar-refractivity contribution >= 4 is 66.7 Å². The summed E-state index contributed by atoms with van der Waals surface area (Å²) in [6.45, 7) is 0. The van der Waals surface area contributed by atoms with Gasteiger partial charge in [-0.1, -0.05) is 200 Å². The normalized spacial score (nSPS) is 11.3. The summed E-state index contributed by atoms with van der Waals surface area (Å²) >= 11 is 0. The van der Waals surface area contributed by atoms with Crippen LogP contribution in [-0.4, -0.2) is 4.57 Å². The number of hydrogen-bond donors (Lipinski definition) is 0. The van der Waals surface area contributed by atoms with Crippen LogP contribution in [0.1, 0.15) is 0 Å². The first-order valence-electron chi connectivity index (χ1n) is 25.0. The molecule has 0 atom stereocenters. The molecule has 0 fully saturated rings. The van der Waals surface area contributed by atoms with Gasteiger partial charge in [-0.05, 0) is 152 Å². The van der Waals surface area contributed by atoms with Crippen LogP contribution in [0, 0.1) is 0 Å². The Labute approximate surface area is 426 Å². The summed E-state index contributed by atoms with van der Waals surface area (Å²) in [5, 5.41) is 4.81. The zero-order valence-corrected chi connectivity index (χ0v) is 40.1. The van der Waals surface area contributed by atoms with Gasteiger partial charge in [-0.25, -0.2) is 0 Å². The molecular formula is C70H49N3. The number of hydrogen-bond acceptors (Lipinski definition) is 2. The van der Waals surface area contributed by atoms with Crippen LogP contribution in [-0.2, 0) is 0 Å². The Morgan fingerprint density at radius 2 is 0.603 bits per heavy atom. The smallest absolute Gasteiger partial charge is 0.0541 e. The Balaban J connectivity index is 1.05. The molecule has 0 aliphatic carbocycles. The highest BCUT2D eigenvalue weighted by molar-refractivity contribution is 6.10. The van der Waals surface area contributed by atoms with E-state index in [0.717, 1.165) is 50.9 Å². The molecular weight excluding hydrogens is 883 g/mol. The SMILES string of the molecule is c1ccc(-c2ccc(N(c3ccc(-c4ccccc4)cc3)c3cc(-c4ccc5c(c4)c4ccccc4n5-c4ccccc4)cc(N(c4ccc(-c5ccccc5)cc4)c4ccc5ccccc5c4)c3)cc2)cc1. The topological polar surface area (TPSA) is 11.4 Å². The largest absolute Gasteiger partial charge is 0.310 e. The molecule has 0 N–H and O–H groups in total. The molecule has 0 spiro atoms. The summed E-state index contributed by atoms with van der Waals surface area (Å²) in [4.78, 5) is 4.83. The molecule has 13 aromatic rings. The second-order valence-electron chi connectivity index (χ2n) is 18.6. The van der Waals surface area contributed by atoms with E-state index < -0.39 is 0 Å². The van der Waals surface area contributed by atoms with Crippen LogP contribution < -0.4 is 9.80 Å². The average Bonchev–Trinajstić information content (AvgIpc) is 3.80. The van der Waals surface area contributed by atoms with Gasteiger partial charge < -0.3 is 14.4 Å². The Hall–Kier alpha value is -9.70. The molecule has 0 saturated heterocycles. The molecule has 13 rings (SSSR count). The van der Waals surface area contributed by atoms with Gasteiger partial charge in [0.2, 0.25) is 0 Å². The van der Waals surface area contributed by atoms with Crippen LogP contribution in [0.25, 0.3) is 82.8 Å². The number of aromatic nitrogens is 1. The third kappa shape index (κ3) is 8.39. The highest BCUT2D eigenvalue weighted by Crippen LogP contribution is 2.46. The van der Waals surface area contributed by atoms with Gasteiger partial charge in [0.05, 0.1) is 11.0 Å². The van der Waals surface area contributed by atoms with Crippen molar-refractivity contribution in [2.24, 2.45) is 0 Å². The third-order valence-electron chi connectivity index (χ3n) is 14.1. The number of rotatable bonds is 11. The fourth-order valence-corrected chi connectivity index (χ4v) is 10.5. The molecule has 0 aliphatic rings. The molecule has 0 saturated carbocycles. The predicted octanol–water partition coefficient (Wildman–Crippen LogP) is 19.5. The lowest BCUT2D eigenvalue weighted by molar-refractivity contribution is 1.18. The summed E-state index contributed by atoms with van der Waals surface area (Å²) in [6.07, 6.45) is 0. The number of para-hydroxylation sites is 2. The van der Waals surface area contributed by atoms with Gasteiger partial charge in [0.25, 0.3) is 0 Å². The lowest BCUT2D eigenvalue weighted by Gasteiger charge is -2.31. The summed E-state index contributed by atoms with van der Waals surface area (Å²) in [5.41, 5.74) is 19.1. The first kappa shape index (κ1) is 43.3. The Kier molecular flexibility index (Phi) is 11.2. The first-order chi connectivity index (χ1) is 36.2.